The number of hydrogen-bond acceptors (Lipinski definition) is 3. The quantitative estimate of drug-likeness (QED) is 0.884. The average molecular weight is 345 g/mol. The molecule has 4 heteroatoms. The van der Waals surface area contributed by atoms with Gasteiger partial charge in [0.05, 0.1) is 5.56 Å². The summed E-state index contributed by atoms with van der Waals surface area (Å²) in [6, 6.07) is 17.1. The zero-order valence-electron chi connectivity index (χ0n) is 11.8. The van der Waals surface area contributed by atoms with Gasteiger partial charge in [-0.25, -0.2) is 0 Å². The summed E-state index contributed by atoms with van der Waals surface area (Å²) in [5.74, 6) is 0.566. The van der Waals surface area contributed by atoms with Crippen molar-refractivity contribution in [3.8, 4) is 11.8 Å². The first-order valence-corrected chi connectivity index (χ1v) is 7.61. The second kappa shape index (κ2) is 7.26. The number of para-hydroxylation sites is 1. The maximum Gasteiger partial charge on any atom is 0.139 e. The first-order chi connectivity index (χ1) is 10.2. The number of benzene rings is 2. The fourth-order valence-corrected chi connectivity index (χ4v) is 2.33. The first kappa shape index (κ1) is 15.6. The van der Waals surface area contributed by atoms with E-state index in [1.54, 1.807) is 12.1 Å². The number of rotatable bonds is 5. The minimum Gasteiger partial charge on any atom is -0.483 e. The molecule has 0 saturated carbocycles. The monoisotopic (exact) mass is 344 g/mol. The van der Waals surface area contributed by atoms with E-state index in [1.807, 2.05) is 43.3 Å². The largest absolute Gasteiger partial charge is 0.483 e. The number of nitrogens with zero attached hydrogens (tertiary/aromatic N) is 1. The highest BCUT2D eigenvalue weighted by molar-refractivity contribution is 9.10. The number of hydrogen-bond donors (Lipinski definition) is 1. The van der Waals surface area contributed by atoms with Crippen molar-refractivity contribution in [3.05, 3.63) is 64.1 Å². The van der Waals surface area contributed by atoms with Crippen molar-refractivity contribution in [2.45, 2.75) is 25.5 Å². The van der Waals surface area contributed by atoms with E-state index in [9.17, 15) is 0 Å². The van der Waals surface area contributed by atoms with Gasteiger partial charge < -0.3 is 10.5 Å². The molecule has 0 heterocycles. The fraction of sp³-hybridized carbons (Fsp3) is 0.235. The molecule has 0 spiro atoms. The molecule has 3 nitrogen and oxygen atoms in total. The molecule has 2 atom stereocenters. The summed E-state index contributed by atoms with van der Waals surface area (Å²) in [6.45, 7) is 2.02. The molecule has 0 aromatic heterocycles. The first-order valence-electron chi connectivity index (χ1n) is 6.82. The molecule has 0 aliphatic heterocycles. The Bertz CT molecular complexity index is 634. The number of nitriles is 1. The highest BCUT2D eigenvalue weighted by Gasteiger charge is 2.21. The molecule has 0 saturated heterocycles. The van der Waals surface area contributed by atoms with E-state index in [0.29, 0.717) is 11.3 Å². The lowest BCUT2D eigenvalue weighted by Gasteiger charge is -2.25. The molecular weight excluding hydrogens is 328 g/mol. The molecular formula is C17H17BrN2O. The highest BCUT2D eigenvalue weighted by atomic mass is 79.9. The summed E-state index contributed by atoms with van der Waals surface area (Å²) in [5.41, 5.74) is 7.72. The lowest BCUT2D eigenvalue weighted by Crippen LogP contribution is -2.31. The van der Waals surface area contributed by atoms with Crippen LogP contribution in [0, 0.1) is 11.3 Å². The minimum absolute atomic E-state index is 0.141. The van der Waals surface area contributed by atoms with Crippen LogP contribution in [0.2, 0.25) is 0 Å². The van der Waals surface area contributed by atoms with Crippen molar-refractivity contribution in [2.75, 3.05) is 0 Å². The van der Waals surface area contributed by atoms with E-state index in [1.165, 1.54) is 0 Å². The molecule has 0 radical (unpaired) electrons. The Balaban J connectivity index is 2.33. The summed E-state index contributed by atoms with van der Waals surface area (Å²) in [5, 5.41) is 9.17. The van der Waals surface area contributed by atoms with Crippen molar-refractivity contribution < 1.29 is 4.74 Å². The molecule has 0 aliphatic rings. The van der Waals surface area contributed by atoms with Gasteiger partial charge in [-0.2, -0.15) is 5.26 Å². The van der Waals surface area contributed by atoms with Gasteiger partial charge in [-0.1, -0.05) is 47.1 Å². The molecule has 0 aliphatic carbocycles. The molecule has 2 N–H and O–H groups in total. The Hall–Kier alpha value is -1.83. The molecule has 2 unspecified atom stereocenters. The number of nitrogens with two attached hydrogens (primary N) is 1. The molecule has 0 fully saturated rings. The maximum absolute atomic E-state index is 9.17. The fourth-order valence-electron chi connectivity index (χ4n) is 2.07. The Morgan fingerprint density at radius 2 is 1.86 bits per heavy atom. The van der Waals surface area contributed by atoms with Gasteiger partial charge >= 0.3 is 0 Å². The van der Waals surface area contributed by atoms with Gasteiger partial charge in [-0.05, 0) is 36.2 Å². The van der Waals surface area contributed by atoms with Crippen LogP contribution in [0.1, 0.15) is 30.6 Å². The van der Waals surface area contributed by atoms with Crippen LogP contribution in [0.4, 0.5) is 0 Å². The zero-order chi connectivity index (χ0) is 15.2. The average Bonchev–Trinajstić information content (AvgIpc) is 2.53. The third-order valence-corrected chi connectivity index (χ3v) is 3.85. The third-order valence-electron chi connectivity index (χ3n) is 3.32. The topological polar surface area (TPSA) is 59.0 Å². The molecule has 108 valence electrons. The summed E-state index contributed by atoms with van der Waals surface area (Å²) in [6.07, 6.45) is 0.507. The molecule has 0 bridgehead atoms. The van der Waals surface area contributed by atoms with Gasteiger partial charge in [-0.3, -0.25) is 0 Å². The van der Waals surface area contributed by atoms with E-state index >= 15 is 0 Å². The van der Waals surface area contributed by atoms with Crippen LogP contribution in [-0.4, -0.2) is 6.04 Å². The van der Waals surface area contributed by atoms with E-state index in [4.69, 9.17) is 15.7 Å². The lowest BCUT2D eigenvalue weighted by molar-refractivity contribution is 0.170. The molecule has 0 amide bonds. The Morgan fingerprint density at radius 1 is 1.19 bits per heavy atom. The minimum atomic E-state index is -0.280. The second-order valence-electron chi connectivity index (χ2n) is 4.77. The Kier molecular flexibility index (Phi) is 5.38. The lowest BCUT2D eigenvalue weighted by atomic mass is 10.0. The van der Waals surface area contributed by atoms with Gasteiger partial charge in [0.15, 0.2) is 0 Å². The van der Waals surface area contributed by atoms with Crippen LogP contribution < -0.4 is 10.5 Å². The highest BCUT2D eigenvalue weighted by Crippen LogP contribution is 2.28. The maximum atomic E-state index is 9.17. The molecule has 21 heavy (non-hydrogen) atoms. The van der Waals surface area contributed by atoms with Crippen LogP contribution in [0.15, 0.2) is 53.0 Å². The van der Waals surface area contributed by atoms with Crippen LogP contribution in [0.5, 0.6) is 5.75 Å². The zero-order valence-corrected chi connectivity index (χ0v) is 13.4. The van der Waals surface area contributed by atoms with Gasteiger partial charge in [0.25, 0.3) is 0 Å². The van der Waals surface area contributed by atoms with Crippen molar-refractivity contribution in [1.82, 2.24) is 0 Å². The molecule has 2 aromatic carbocycles. The number of halogens is 1. The van der Waals surface area contributed by atoms with Crippen molar-refractivity contribution in [1.29, 1.82) is 5.26 Å². The summed E-state index contributed by atoms with van der Waals surface area (Å²) in [4.78, 5) is 0. The molecule has 2 aromatic rings. The SMILES string of the molecule is CCC(N)C(Oc1ccccc1C#N)c1ccc(Br)cc1. The van der Waals surface area contributed by atoms with Crippen LogP contribution in [0.3, 0.4) is 0 Å². The van der Waals surface area contributed by atoms with Crippen LogP contribution >= 0.6 is 15.9 Å². The van der Waals surface area contributed by atoms with Crippen LogP contribution in [0.25, 0.3) is 0 Å². The van der Waals surface area contributed by atoms with Gasteiger partial charge in [0, 0.05) is 10.5 Å². The van der Waals surface area contributed by atoms with Crippen LogP contribution in [-0.2, 0) is 0 Å². The van der Waals surface area contributed by atoms with E-state index < -0.39 is 0 Å². The third kappa shape index (κ3) is 3.84. The second-order valence-corrected chi connectivity index (χ2v) is 5.69. The summed E-state index contributed by atoms with van der Waals surface area (Å²) >= 11 is 3.42. The normalized spacial score (nSPS) is 13.2. The van der Waals surface area contributed by atoms with Crippen molar-refractivity contribution in [3.63, 3.8) is 0 Å². The van der Waals surface area contributed by atoms with Gasteiger partial charge in [0.2, 0.25) is 0 Å². The predicted octanol–water partition coefficient (Wildman–Crippen LogP) is 4.18. The Labute approximate surface area is 133 Å². The smallest absolute Gasteiger partial charge is 0.139 e. The van der Waals surface area contributed by atoms with Crippen molar-refractivity contribution in [2.24, 2.45) is 5.73 Å². The van der Waals surface area contributed by atoms with Gasteiger partial charge in [-0.15, -0.1) is 0 Å². The van der Waals surface area contributed by atoms with Gasteiger partial charge in [0.1, 0.15) is 17.9 Å². The predicted molar refractivity (Wildman–Crippen MR) is 86.9 cm³/mol. The Morgan fingerprint density at radius 3 is 2.48 bits per heavy atom. The van der Waals surface area contributed by atoms with E-state index in [0.717, 1.165) is 16.5 Å². The van der Waals surface area contributed by atoms with E-state index in [2.05, 4.69) is 22.0 Å². The summed E-state index contributed by atoms with van der Waals surface area (Å²) in [7, 11) is 0. The number of ether oxygens (including phenoxy) is 1. The molecule has 2 rings (SSSR count). The van der Waals surface area contributed by atoms with E-state index in [-0.39, 0.29) is 12.1 Å². The van der Waals surface area contributed by atoms with Crippen molar-refractivity contribution >= 4 is 15.9 Å². The standard InChI is InChI=1S/C17H17BrN2O/c1-2-15(20)17(12-7-9-14(18)10-8-12)21-16-6-4-3-5-13(16)11-19/h3-10,15,17H,2,20H2,1H3. The summed E-state index contributed by atoms with van der Waals surface area (Å²) < 4.78 is 7.06.